The fourth-order valence-corrected chi connectivity index (χ4v) is 8.73. The molecule has 9 nitrogen and oxygen atoms in total. The van der Waals surface area contributed by atoms with Gasteiger partial charge < -0.3 is 21.1 Å². The summed E-state index contributed by atoms with van der Waals surface area (Å²) in [4.78, 5) is 17.7. The number of sulfonamides is 1. The second-order valence-electron chi connectivity index (χ2n) is 12.4. The zero-order valence-corrected chi connectivity index (χ0v) is 25.8. The van der Waals surface area contributed by atoms with E-state index in [-0.39, 0.29) is 52.9 Å². The third-order valence-corrected chi connectivity index (χ3v) is 11.2. The lowest BCUT2D eigenvalue weighted by Crippen LogP contribution is -2.57. The molecule has 2 bridgehead atoms. The Hall–Kier alpha value is -2.15. The van der Waals surface area contributed by atoms with E-state index in [0.29, 0.717) is 37.6 Å². The smallest absolute Gasteiger partial charge is 0.241 e. The van der Waals surface area contributed by atoms with Crippen molar-refractivity contribution in [1.82, 2.24) is 14.6 Å². The van der Waals surface area contributed by atoms with E-state index in [1.165, 1.54) is 6.20 Å². The molecule has 3 fully saturated rings. The van der Waals surface area contributed by atoms with Gasteiger partial charge in [-0.1, -0.05) is 23.7 Å². The summed E-state index contributed by atoms with van der Waals surface area (Å²) in [6.45, 7) is 5.57. The van der Waals surface area contributed by atoms with Crippen molar-refractivity contribution >= 4 is 33.2 Å². The summed E-state index contributed by atoms with van der Waals surface area (Å²) in [5, 5.41) is 6.89. The molecule has 3 saturated heterocycles. The Balaban J connectivity index is 1.34. The first-order valence-electron chi connectivity index (χ1n) is 14.7. The average molecular weight is 622 g/mol. The number of halogens is 2. The SMILES string of the molecule is CC1(C)C[C@@H]([C@H](c2ccc(Cl)cc2)[C@H](N)C(=O)Nc2cncc(F)c2CC[C@H]2CN[C@@H]3CCCS(=O)(=O)N2C3)CCO1. The van der Waals surface area contributed by atoms with Crippen molar-refractivity contribution in [3.63, 3.8) is 0 Å². The van der Waals surface area contributed by atoms with Gasteiger partial charge in [0.2, 0.25) is 15.9 Å². The van der Waals surface area contributed by atoms with Crippen molar-refractivity contribution in [3.05, 3.63) is 58.6 Å². The largest absolute Gasteiger partial charge is 0.376 e. The number of nitrogens with two attached hydrogens (primary N) is 1. The number of hydrogen-bond donors (Lipinski definition) is 3. The quantitative estimate of drug-likeness (QED) is 0.409. The van der Waals surface area contributed by atoms with Gasteiger partial charge in [-0.3, -0.25) is 9.78 Å². The van der Waals surface area contributed by atoms with Crippen molar-refractivity contribution in [2.24, 2.45) is 11.7 Å². The molecular weight excluding hydrogens is 581 g/mol. The normalized spacial score (nSPS) is 28.3. The zero-order chi connectivity index (χ0) is 30.1. The molecule has 0 saturated carbocycles. The standard InChI is InChI=1S/C30H41ClFN5O4S/c1-30(2)14-20(11-12-41-30)27(19-5-7-21(31)8-6-19)28(33)29(38)36-26-17-34-16-25(32)24(26)10-9-23-15-35-22-4-3-13-42(39,40)37(23)18-22/h5-8,16-17,20,22-23,27-28,35H,3-4,9-15,18,33H2,1-2H3,(H,36,38)/t20-,22+,23-,27-,28-/m0/s1. The maximum atomic E-state index is 15.1. The van der Waals surface area contributed by atoms with E-state index < -0.39 is 27.8 Å². The zero-order valence-electron chi connectivity index (χ0n) is 24.2. The number of benzene rings is 1. The van der Waals surface area contributed by atoms with Crippen LogP contribution in [0.2, 0.25) is 5.02 Å². The Labute approximate surface area is 252 Å². The number of rotatable bonds is 8. The fourth-order valence-electron chi connectivity index (χ4n) is 6.80. The van der Waals surface area contributed by atoms with E-state index in [0.717, 1.165) is 31.0 Å². The second kappa shape index (κ2) is 12.8. The number of piperazine rings is 1. The highest BCUT2D eigenvalue weighted by Crippen LogP contribution is 2.40. The molecule has 0 aliphatic carbocycles. The third kappa shape index (κ3) is 7.14. The third-order valence-electron chi connectivity index (χ3n) is 8.94. The minimum atomic E-state index is -3.37. The highest BCUT2D eigenvalue weighted by molar-refractivity contribution is 7.89. The lowest BCUT2D eigenvalue weighted by atomic mass is 9.73. The van der Waals surface area contributed by atoms with Gasteiger partial charge in [-0.15, -0.1) is 0 Å². The van der Waals surface area contributed by atoms with Gasteiger partial charge >= 0.3 is 0 Å². The van der Waals surface area contributed by atoms with Crippen molar-refractivity contribution in [3.8, 4) is 0 Å². The van der Waals surface area contributed by atoms with Gasteiger partial charge in [-0.25, -0.2) is 12.8 Å². The van der Waals surface area contributed by atoms with Gasteiger partial charge in [0.1, 0.15) is 5.82 Å². The molecule has 1 aromatic carbocycles. The molecular formula is C30H41ClFN5O4S. The molecule has 5 rings (SSSR count). The van der Waals surface area contributed by atoms with Crippen LogP contribution in [0.25, 0.3) is 0 Å². The Morgan fingerprint density at radius 2 is 2.05 bits per heavy atom. The molecule has 230 valence electrons. The van der Waals surface area contributed by atoms with Crippen molar-refractivity contribution < 1.29 is 22.3 Å². The van der Waals surface area contributed by atoms with Gasteiger partial charge in [-0.2, -0.15) is 4.31 Å². The van der Waals surface area contributed by atoms with E-state index in [4.69, 9.17) is 22.1 Å². The summed E-state index contributed by atoms with van der Waals surface area (Å²) in [5.41, 5.74) is 7.79. The molecule has 6 atom stereocenters. The second-order valence-corrected chi connectivity index (χ2v) is 14.9. The van der Waals surface area contributed by atoms with Gasteiger partial charge in [0.15, 0.2) is 0 Å². The van der Waals surface area contributed by atoms with Gasteiger partial charge in [0.05, 0.1) is 35.5 Å². The minimum Gasteiger partial charge on any atom is -0.376 e. The summed E-state index contributed by atoms with van der Waals surface area (Å²) < 4.78 is 48.4. The molecule has 1 aromatic heterocycles. The van der Waals surface area contributed by atoms with Crippen LogP contribution in [0.3, 0.4) is 0 Å². The summed E-state index contributed by atoms with van der Waals surface area (Å²) in [7, 11) is -3.37. The molecule has 3 aliphatic heterocycles. The molecule has 42 heavy (non-hydrogen) atoms. The van der Waals surface area contributed by atoms with Crippen LogP contribution < -0.4 is 16.4 Å². The number of aromatic nitrogens is 1. The maximum absolute atomic E-state index is 15.1. The maximum Gasteiger partial charge on any atom is 0.241 e. The molecule has 3 aliphatic rings. The molecule has 1 unspecified atom stereocenters. The van der Waals surface area contributed by atoms with Crippen molar-refractivity contribution in [1.29, 1.82) is 0 Å². The molecule has 12 heteroatoms. The van der Waals surface area contributed by atoms with Crippen LogP contribution in [0.4, 0.5) is 10.1 Å². The van der Waals surface area contributed by atoms with Crippen LogP contribution in [0.5, 0.6) is 0 Å². The van der Waals surface area contributed by atoms with E-state index in [2.05, 4.69) is 15.6 Å². The number of ether oxygens (including phenoxy) is 1. The summed E-state index contributed by atoms with van der Waals surface area (Å²) >= 11 is 6.15. The number of anilines is 1. The number of nitrogens with zero attached hydrogens (tertiary/aromatic N) is 2. The van der Waals surface area contributed by atoms with E-state index in [9.17, 15) is 13.2 Å². The first-order valence-corrected chi connectivity index (χ1v) is 16.7. The molecule has 1 amide bonds. The van der Waals surface area contributed by atoms with E-state index in [1.54, 1.807) is 16.4 Å². The van der Waals surface area contributed by atoms with Crippen LogP contribution >= 0.6 is 11.6 Å². The molecule has 4 N–H and O–H groups in total. The summed E-state index contributed by atoms with van der Waals surface area (Å²) in [5.74, 6) is -1.10. The predicted octanol–water partition coefficient (Wildman–Crippen LogP) is 3.83. The van der Waals surface area contributed by atoms with E-state index in [1.807, 2.05) is 26.0 Å². The molecule has 4 heterocycles. The number of carbonyl (C=O) groups is 1. The lowest BCUT2D eigenvalue weighted by Gasteiger charge is -2.41. The number of hydrogen-bond acceptors (Lipinski definition) is 7. The highest BCUT2D eigenvalue weighted by atomic mass is 35.5. The van der Waals surface area contributed by atoms with Gasteiger partial charge in [0.25, 0.3) is 0 Å². The van der Waals surface area contributed by atoms with Crippen LogP contribution in [0.1, 0.15) is 63.0 Å². The average Bonchev–Trinajstić information content (AvgIpc) is 3.05. The monoisotopic (exact) mass is 621 g/mol. The summed E-state index contributed by atoms with van der Waals surface area (Å²) in [6.07, 6.45) is 6.10. The Morgan fingerprint density at radius 3 is 2.79 bits per heavy atom. The molecule has 0 spiro atoms. The fraction of sp³-hybridized carbons (Fsp3) is 0.600. The van der Waals surface area contributed by atoms with Gasteiger partial charge in [-0.05, 0) is 76.0 Å². The van der Waals surface area contributed by atoms with Crippen LogP contribution in [-0.4, -0.2) is 72.8 Å². The topological polar surface area (TPSA) is 127 Å². The highest BCUT2D eigenvalue weighted by Gasteiger charge is 2.40. The molecule has 2 aromatic rings. The first-order chi connectivity index (χ1) is 19.9. The van der Waals surface area contributed by atoms with Crippen molar-refractivity contribution in [2.45, 2.75) is 82.0 Å². The van der Waals surface area contributed by atoms with Crippen LogP contribution in [0, 0.1) is 11.7 Å². The van der Waals surface area contributed by atoms with Crippen LogP contribution in [0.15, 0.2) is 36.7 Å². The minimum absolute atomic E-state index is 0.0824. The van der Waals surface area contributed by atoms with Gasteiger partial charge in [0, 0.05) is 48.3 Å². The number of amides is 1. The Bertz CT molecular complexity index is 1380. The Kier molecular flexibility index (Phi) is 9.56. The van der Waals surface area contributed by atoms with Crippen LogP contribution in [-0.2, 0) is 26.0 Å². The number of fused-ring (bicyclic) bond motifs is 2. The number of carbonyl (C=O) groups excluding carboxylic acids is 1. The summed E-state index contributed by atoms with van der Waals surface area (Å²) in [6, 6.07) is 6.30. The van der Waals surface area contributed by atoms with Crippen molar-refractivity contribution in [2.75, 3.05) is 30.8 Å². The number of pyridine rings is 1. The first kappa shape index (κ1) is 31.3. The molecule has 0 radical (unpaired) electrons. The predicted molar refractivity (Wildman–Crippen MR) is 161 cm³/mol. The van der Waals surface area contributed by atoms with E-state index >= 15 is 4.39 Å². The lowest BCUT2D eigenvalue weighted by molar-refractivity contribution is -0.119. The Morgan fingerprint density at radius 1 is 1.29 bits per heavy atom. The number of nitrogens with one attached hydrogen (secondary N) is 2.